The number of carbonyl (C=O) groups is 1. The van der Waals surface area contributed by atoms with E-state index in [-0.39, 0.29) is 17.6 Å². The minimum absolute atomic E-state index is 0.140. The molecule has 0 aliphatic carbocycles. The fourth-order valence-corrected chi connectivity index (χ4v) is 3.80. The summed E-state index contributed by atoms with van der Waals surface area (Å²) in [6.45, 7) is 7.74. The molecule has 3 N–H and O–H groups in total. The molecular formula is C23H29N5O2. The molecule has 0 bridgehead atoms. The standard InChI is InChI=1S/C23H29N5O2/c1-23(2,3)28-22-25-14-18-19(26-22)17(15-9-11-30-12-10-15)13-24-20(18)27-21(29)16-7-5-4-6-8-16/h4-8,13-15,20,24H,9-12H2,1-3H3,(H,27,29)(H,25,26,28). The van der Waals surface area contributed by atoms with Gasteiger partial charge in [0, 0.05) is 42.3 Å². The summed E-state index contributed by atoms with van der Waals surface area (Å²) in [5, 5.41) is 9.77. The monoisotopic (exact) mass is 407 g/mol. The number of fused-ring (bicyclic) bond motifs is 1. The van der Waals surface area contributed by atoms with Crippen LogP contribution < -0.4 is 16.0 Å². The van der Waals surface area contributed by atoms with Gasteiger partial charge in [-0.15, -0.1) is 0 Å². The van der Waals surface area contributed by atoms with Crippen LogP contribution in [0.2, 0.25) is 0 Å². The Balaban J connectivity index is 1.64. The molecule has 7 nitrogen and oxygen atoms in total. The number of ether oxygens (including phenoxy) is 1. The number of carbonyl (C=O) groups excluding carboxylic acids is 1. The molecule has 1 atom stereocenters. The van der Waals surface area contributed by atoms with Crippen molar-refractivity contribution in [2.24, 2.45) is 5.92 Å². The zero-order chi connectivity index (χ0) is 21.1. The van der Waals surface area contributed by atoms with Crippen LogP contribution in [0.15, 0.2) is 42.7 Å². The molecule has 2 aliphatic heterocycles. The van der Waals surface area contributed by atoms with Gasteiger partial charge in [0.25, 0.3) is 5.91 Å². The lowest BCUT2D eigenvalue weighted by molar-refractivity contribution is 0.0805. The van der Waals surface area contributed by atoms with Gasteiger partial charge in [-0.2, -0.15) is 0 Å². The van der Waals surface area contributed by atoms with Crippen molar-refractivity contribution in [3.63, 3.8) is 0 Å². The average molecular weight is 408 g/mol. The van der Waals surface area contributed by atoms with Crippen LogP contribution in [0, 0.1) is 5.92 Å². The highest BCUT2D eigenvalue weighted by atomic mass is 16.5. The molecule has 1 unspecified atom stereocenters. The molecule has 0 saturated carbocycles. The predicted octanol–water partition coefficient (Wildman–Crippen LogP) is 3.49. The number of benzene rings is 1. The van der Waals surface area contributed by atoms with Crippen molar-refractivity contribution >= 4 is 17.4 Å². The molecule has 3 heterocycles. The smallest absolute Gasteiger partial charge is 0.253 e. The molecule has 4 rings (SSSR count). The highest BCUT2D eigenvalue weighted by Crippen LogP contribution is 2.36. The van der Waals surface area contributed by atoms with Gasteiger partial charge in [-0.05, 0) is 57.2 Å². The molecule has 1 fully saturated rings. The van der Waals surface area contributed by atoms with E-state index in [0.29, 0.717) is 17.4 Å². The zero-order valence-electron chi connectivity index (χ0n) is 17.7. The third-order valence-corrected chi connectivity index (χ3v) is 5.27. The maximum absolute atomic E-state index is 12.7. The third-order valence-electron chi connectivity index (χ3n) is 5.27. The molecule has 158 valence electrons. The van der Waals surface area contributed by atoms with E-state index in [1.807, 2.05) is 30.6 Å². The van der Waals surface area contributed by atoms with Gasteiger partial charge in [0.2, 0.25) is 5.95 Å². The van der Waals surface area contributed by atoms with Crippen LogP contribution in [0.1, 0.15) is 61.4 Å². The second-order valence-corrected chi connectivity index (χ2v) is 8.80. The number of rotatable bonds is 4. The first-order chi connectivity index (χ1) is 14.4. The number of nitrogens with zero attached hydrogens (tertiary/aromatic N) is 2. The van der Waals surface area contributed by atoms with Crippen LogP contribution in [-0.2, 0) is 4.74 Å². The van der Waals surface area contributed by atoms with Crippen LogP contribution in [0.4, 0.5) is 5.95 Å². The number of allylic oxidation sites excluding steroid dienone is 1. The second kappa shape index (κ2) is 8.44. The van der Waals surface area contributed by atoms with Crippen LogP contribution in [0.5, 0.6) is 0 Å². The van der Waals surface area contributed by atoms with Crippen LogP contribution >= 0.6 is 0 Å². The molecule has 7 heteroatoms. The molecule has 30 heavy (non-hydrogen) atoms. The topological polar surface area (TPSA) is 88.2 Å². The first-order valence-corrected chi connectivity index (χ1v) is 10.5. The van der Waals surface area contributed by atoms with Crippen LogP contribution in [0.25, 0.3) is 5.57 Å². The largest absolute Gasteiger partial charge is 0.381 e. The molecule has 1 aromatic heterocycles. The highest BCUT2D eigenvalue weighted by molar-refractivity contribution is 5.94. The fourth-order valence-electron chi connectivity index (χ4n) is 3.80. The number of amides is 1. The van der Waals surface area contributed by atoms with Gasteiger partial charge < -0.3 is 20.7 Å². The minimum atomic E-state index is -0.389. The summed E-state index contributed by atoms with van der Waals surface area (Å²) in [6, 6.07) is 9.21. The van der Waals surface area contributed by atoms with E-state index >= 15 is 0 Å². The first-order valence-electron chi connectivity index (χ1n) is 10.5. The minimum Gasteiger partial charge on any atom is -0.381 e. The Bertz CT molecular complexity index is 930. The average Bonchev–Trinajstić information content (AvgIpc) is 2.74. The summed E-state index contributed by atoms with van der Waals surface area (Å²) in [4.78, 5) is 22.1. The SMILES string of the molecule is CC(C)(C)Nc1ncc2c(n1)C(C1CCOCC1)=CNC2NC(=O)c1ccccc1. The van der Waals surface area contributed by atoms with Crippen molar-refractivity contribution in [3.05, 3.63) is 59.5 Å². The van der Waals surface area contributed by atoms with Crippen molar-refractivity contribution in [3.8, 4) is 0 Å². The van der Waals surface area contributed by atoms with Crippen molar-refractivity contribution < 1.29 is 9.53 Å². The summed E-state index contributed by atoms with van der Waals surface area (Å²) >= 11 is 0. The lowest BCUT2D eigenvalue weighted by atomic mass is 9.86. The summed E-state index contributed by atoms with van der Waals surface area (Å²) in [7, 11) is 0. The van der Waals surface area contributed by atoms with E-state index in [0.717, 1.165) is 42.9 Å². The Kier molecular flexibility index (Phi) is 5.72. The van der Waals surface area contributed by atoms with E-state index in [1.54, 1.807) is 12.1 Å². The second-order valence-electron chi connectivity index (χ2n) is 8.80. The number of nitrogens with one attached hydrogen (secondary N) is 3. The number of hydrogen-bond acceptors (Lipinski definition) is 6. The molecule has 1 amide bonds. The number of hydrogen-bond donors (Lipinski definition) is 3. The normalized spacial score (nSPS) is 19.3. The Morgan fingerprint density at radius 1 is 1.17 bits per heavy atom. The maximum Gasteiger partial charge on any atom is 0.253 e. The van der Waals surface area contributed by atoms with Gasteiger partial charge in [0.1, 0.15) is 6.17 Å². The third kappa shape index (κ3) is 4.62. The summed E-state index contributed by atoms with van der Waals surface area (Å²) in [6.07, 6.45) is 5.34. The van der Waals surface area contributed by atoms with Gasteiger partial charge in [0.15, 0.2) is 0 Å². The van der Waals surface area contributed by atoms with Gasteiger partial charge in [-0.3, -0.25) is 4.79 Å². The zero-order valence-corrected chi connectivity index (χ0v) is 17.7. The maximum atomic E-state index is 12.7. The molecule has 2 aliphatic rings. The van der Waals surface area contributed by atoms with E-state index in [4.69, 9.17) is 9.72 Å². The lowest BCUT2D eigenvalue weighted by Gasteiger charge is -2.32. The summed E-state index contributed by atoms with van der Waals surface area (Å²) in [5.74, 6) is 0.821. The molecule has 1 aromatic carbocycles. The van der Waals surface area contributed by atoms with Crippen molar-refractivity contribution in [2.75, 3.05) is 18.5 Å². The van der Waals surface area contributed by atoms with Crippen molar-refractivity contribution in [1.82, 2.24) is 20.6 Å². The van der Waals surface area contributed by atoms with E-state index < -0.39 is 0 Å². The highest BCUT2D eigenvalue weighted by Gasteiger charge is 2.30. The van der Waals surface area contributed by atoms with Crippen molar-refractivity contribution in [1.29, 1.82) is 0 Å². The van der Waals surface area contributed by atoms with Gasteiger partial charge >= 0.3 is 0 Å². The van der Waals surface area contributed by atoms with E-state index in [2.05, 4.69) is 41.7 Å². The predicted molar refractivity (Wildman–Crippen MR) is 117 cm³/mol. The molecule has 0 spiro atoms. The number of anilines is 1. The molecule has 2 aromatic rings. The van der Waals surface area contributed by atoms with Gasteiger partial charge in [-0.25, -0.2) is 9.97 Å². The van der Waals surface area contributed by atoms with Crippen LogP contribution in [0.3, 0.4) is 0 Å². The summed E-state index contributed by atoms with van der Waals surface area (Å²) in [5.41, 5.74) is 3.39. The molecule has 1 saturated heterocycles. The Hall–Kier alpha value is -2.93. The fraction of sp³-hybridized carbons (Fsp3) is 0.435. The van der Waals surface area contributed by atoms with E-state index in [1.165, 1.54) is 0 Å². The van der Waals surface area contributed by atoms with Crippen LogP contribution in [-0.4, -0.2) is 34.6 Å². The van der Waals surface area contributed by atoms with Crippen molar-refractivity contribution in [2.45, 2.75) is 45.3 Å². The quantitative estimate of drug-likeness (QED) is 0.719. The Morgan fingerprint density at radius 3 is 2.60 bits per heavy atom. The first kappa shape index (κ1) is 20.3. The number of aromatic nitrogens is 2. The lowest BCUT2D eigenvalue weighted by Crippen LogP contribution is -2.39. The molecule has 0 radical (unpaired) electrons. The van der Waals surface area contributed by atoms with Gasteiger partial charge in [-0.1, -0.05) is 18.2 Å². The van der Waals surface area contributed by atoms with E-state index in [9.17, 15) is 4.79 Å². The van der Waals surface area contributed by atoms with Gasteiger partial charge in [0.05, 0.1) is 5.69 Å². The Labute approximate surface area is 177 Å². The Morgan fingerprint density at radius 2 is 1.90 bits per heavy atom. The summed E-state index contributed by atoms with van der Waals surface area (Å²) < 4.78 is 5.54. The molecular weight excluding hydrogens is 378 g/mol.